The standard InChI is InChI=1S/C15H16N4O2S2/c1-15(8-16,9-3-4-9)18-11(20)7-23-14-17-10-5-6-22-12(10)13(21)19(14)2/h5-6,9H,3-4,7H2,1-2H3,(H,18,20). The maximum Gasteiger partial charge on any atom is 0.271 e. The highest BCUT2D eigenvalue weighted by Crippen LogP contribution is 2.39. The van der Waals surface area contributed by atoms with Crippen molar-refractivity contribution in [1.29, 1.82) is 5.26 Å². The number of thioether (sulfide) groups is 1. The van der Waals surface area contributed by atoms with Crippen molar-refractivity contribution in [2.45, 2.75) is 30.5 Å². The lowest BCUT2D eigenvalue weighted by atomic mass is 9.98. The zero-order valence-electron chi connectivity index (χ0n) is 12.8. The molecule has 0 spiro atoms. The number of nitrogens with zero attached hydrogens (tertiary/aromatic N) is 3. The van der Waals surface area contributed by atoms with Crippen LogP contribution in [0.1, 0.15) is 19.8 Å². The van der Waals surface area contributed by atoms with Gasteiger partial charge in [0.2, 0.25) is 5.91 Å². The fourth-order valence-corrected chi connectivity index (χ4v) is 4.01. The predicted molar refractivity (Wildman–Crippen MR) is 90.5 cm³/mol. The summed E-state index contributed by atoms with van der Waals surface area (Å²) in [5.41, 5.74) is -0.248. The fourth-order valence-electron chi connectivity index (χ4n) is 2.43. The van der Waals surface area contributed by atoms with Gasteiger partial charge in [-0.05, 0) is 37.1 Å². The fraction of sp³-hybridized carbons (Fsp3) is 0.467. The molecule has 0 aliphatic heterocycles. The van der Waals surface area contributed by atoms with Crippen LogP contribution < -0.4 is 10.9 Å². The van der Waals surface area contributed by atoms with Gasteiger partial charge in [-0.25, -0.2) is 4.98 Å². The summed E-state index contributed by atoms with van der Waals surface area (Å²) < 4.78 is 2.08. The van der Waals surface area contributed by atoms with Crippen LogP contribution in [0.25, 0.3) is 10.2 Å². The number of carbonyl (C=O) groups excluding carboxylic acids is 1. The molecular weight excluding hydrogens is 332 g/mol. The van der Waals surface area contributed by atoms with Gasteiger partial charge in [0, 0.05) is 7.05 Å². The van der Waals surface area contributed by atoms with Crippen LogP contribution in [0.5, 0.6) is 0 Å². The SMILES string of the molecule is Cn1c(SCC(=O)NC(C)(C#N)C2CC2)nc2ccsc2c1=O. The number of amides is 1. The van der Waals surface area contributed by atoms with Gasteiger partial charge in [-0.3, -0.25) is 14.2 Å². The Labute approximate surface area is 141 Å². The van der Waals surface area contributed by atoms with Crippen LogP contribution in [-0.4, -0.2) is 26.8 Å². The van der Waals surface area contributed by atoms with Gasteiger partial charge in [-0.2, -0.15) is 5.26 Å². The van der Waals surface area contributed by atoms with Crippen LogP contribution in [0.2, 0.25) is 0 Å². The Morgan fingerprint density at radius 3 is 3.04 bits per heavy atom. The zero-order valence-corrected chi connectivity index (χ0v) is 14.5. The van der Waals surface area contributed by atoms with Gasteiger partial charge in [0.05, 0.1) is 17.3 Å². The van der Waals surface area contributed by atoms with E-state index in [1.165, 1.54) is 27.7 Å². The molecule has 1 aliphatic rings. The van der Waals surface area contributed by atoms with Crippen LogP contribution in [0.3, 0.4) is 0 Å². The van der Waals surface area contributed by atoms with Crippen molar-refractivity contribution in [3.63, 3.8) is 0 Å². The smallest absolute Gasteiger partial charge is 0.271 e. The van der Waals surface area contributed by atoms with Gasteiger partial charge < -0.3 is 5.32 Å². The summed E-state index contributed by atoms with van der Waals surface area (Å²) in [5.74, 6) is 0.150. The summed E-state index contributed by atoms with van der Waals surface area (Å²) in [5, 5.41) is 14.4. The molecule has 0 aromatic carbocycles. The highest BCUT2D eigenvalue weighted by Gasteiger charge is 2.42. The Hall–Kier alpha value is -1.85. The Kier molecular flexibility index (Phi) is 4.17. The quantitative estimate of drug-likeness (QED) is 0.658. The van der Waals surface area contributed by atoms with Crippen molar-refractivity contribution in [3.05, 3.63) is 21.8 Å². The van der Waals surface area contributed by atoms with E-state index < -0.39 is 5.54 Å². The average Bonchev–Trinajstić information content (AvgIpc) is 3.29. The van der Waals surface area contributed by atoms with E-state index in [4.69, 9.17) is 0 Å². The van der Waals surface area contributed by atoms with E-state index in [1.807, 2.05) is 5.38 Å². The first-order valence-corrected chi connectivity index (χ1v) is 9.10. The summed E-state index contributed by atoms with van der Waals surface area (Å²) in [6, 6.07) is 4.00. The van der Waals surface area contributed by atoms with Gasteiger partial charge in [-0.15, -0.1) is 11.3 Å². The Balaban J connectivity index is 1.71. The van der Waals surface area contributed by atoms with Crippen LogP contribution in [0.4, 0.5) is 0 Å². The highest BCUT2D eigenvalue weighted by molar-refractivity contribution is 7.99. The normalized spacial score (nSPS) is 16.7. The van der Waals surface area contributed by atoms with Gasteiger partial charge in [0.1, 0.15) is 10.2 Å². The number of thiophene rings is 1. The summed E-state index contributed by atoms with van der Waals surface area (Å²) in [4.78, 5) is 28.8. The van der Waals surface area contributed by atoms with Crippen LogP contribution in [-0.2, 0) is 11.8 Å². The molecule has 1 atom stereocenters. The molecule has 3 rings (SSSR count). The van der Waals surface area contributed by atoms with E-state index >= 15 is 0 Å². The molecule has 1 aliphatic carbocycles. The molecule has 2 aromatic rings. The third-order valence-corrected chi connectivity index (χ3v) is 5.93. The van der Waals surface area contributed by atoms with E-state index in [-0.39, 0.29) is 23.1 Å². The number of nitrogens with one attached hydrogen (secondary N) is 1. The molecule has 0 bridgehead atoms. The minimum Gasteiger partial charge on any atom is -0.337 e. The van der Waals surface area contributed by atoms with Crippen LogP contribution in [0, 0.1) is 17.2 Å². The second-order valence-corrected chi connectivity index (χ2v) is 7.68. The predicted octanol–water partition coefficient (Wildman–Crippen LogP) is 1.90. The van der Waals surface area contributed by atoms with E-state index in [1.54, 1.807) is 20.0 Å². The van der Waals surface area contributed by atoms with Crippen LogP contribution >= 0.6 is 23.1 Å². The number of carbonyl (C=O) groups is 1. The van der Waals surface area contributed by atoms with E-state index in [9.17, 15) is 14.9 Å². The third kappa shape index (κ3) is 3.12. The van der Waals surface area contributed by atoms with E-state index in [0.717, 1.165) is 12.8 Å². The average molecular weight is 348 g/mol. The molecule has 1 amide bonds. The van der Waals surface area contributed by atoms with E-state index in [0.29, 0.717) is 15.4 Å². The number of rotatable bonds is 5. The molecular formula is C15H16N4O2S2. The Morgan fingerprint density at radius 2 is 2.39 bits per heavy atom. The zero-order chi connectivity index (χ0) is 16.6. The Morgan fingerprint density at radius 1 is 1.65 bits per heavy atom. The maximum absolute atomic E-state index is 12.2. The van der Waals surface area contributed by atoms with Crippen molar-refractivity contribution < 1.29 is 4.79 Å². The number of hydrogen-bond acceptors (Lipinski definition) is 6. The monoisotopic (exact) mass is 348 g/mol. The third-order valence-electron chi connectivity index (χ3n) is 4.00. The number of fused-ring (bicyclic) bond motifs is 1. The second-order valence-electron chi connectivity index (χ2n) is 5.82. The molecule has 8 heteroatoms. The Bertz CT molecular complexity index is 862. The molecule has 1 fully saturated rings. The van der Waals surface area contributed by atoms with Gasteiger partial charge in [0.25, 0.3) is 5.56 Å². The molecule has 0 radical (unpaired) electrons. The molecule has 2 heterocycles. The van der Waals surface area contributed by atoms with Gasteiger partial charge >= 0.3 is 0 Å². The topological polar surface area (TPSA) is 87.8 Å². The molecule has 2 aromatic heterocycles. The molecule has 23 heavy (non-hydrogen) atoms. The minimum atomic E-state index is -0.797. The molecule has 120 valence electrons. The lowest BCUT2D eigenvalue weighted by Crippen LogP contribution is -2.47. The first kappa shape index (κ1) is 16.0. The maximum atomic E-state index is 12.2. The number of nitriles is 1. The van der Waals surface area contributed by atoms with Crippen molar-refractivity contribution in [2.24, 2.45) is 13.0 Å². The molecule has 1 unspecified atom stereocenters. The lowest BCUT2D eigenvalue weighted by Gasteiger charge is -2.22. The van der Waals surface area contributed by atoms with Gasteiger partial charge in [0.15, 0.2) is 5.16 Å². The van der Waals surface area contributed by atoms with E-state index in [2.05, 4.69) is 16.4 Å². The first-order chi connectivity index (χ1) is 10.9. The highest BCUT2D eigenvalue weighted by atomic mass is 32.2. The van der Waals surface area contributed by atoms with Crippen molar-refractivity contribution in [3.8, 4) is 6.07 Å². The van der Waals surface area contributed by atoms with Gasteiger partial charge in [-0.1, -0.05) is 11.8 Å². The van der Waals surface area contributed by atoms with Crippen LogP contribution in [0.15, 0.2) is 21.4 Å². The summed E-state index contributed by atoms with van der Waals surface area (Å²) in [6.07, 6.45) is 1.95. The summed E-state index contributed by atoms with van der Waals surface area (Å²) in [7, 11) is 1.65. The number of aromatic nitrogens is 2. The van der Waals surface area contributed by atoms with Crippen molar-refractivity contribution in [1.82, 2.24) is 14.9 Å². The summed E-state index contributed by atoms with van der Waals surface area (Å²) >= 11 is 2.57. The van der Waals surface area contributed by atoms with Crippen molar-refractivity contribution >= 4 is 39.2 Å². The largest absolute Gasteiger partial charge is 0.337 e. The first-order valence-electron chi connectivity index (χ1n) is 7.24. The molecule has 1 saturated carbocycles. The molecule has 6 nitrogen and oxygen atoms in total. The molecule has 0 saturated heterocycles. The van der Waals surface area contributed by atoms with Crippen molar-refractivity contribution in [2.75, 3.05) is 5.75 Å². The number of hydrogen-bond donors (Lipinski definition) is 1. The minimum absolute atomic E-state index is 0.104. The molecule has 1 N–H and O–H groups in total. The summed E-state index contributed by atoms with van der Waals surface area (Å²) in [6.45, 7) is 1.76. The second kappa shape index (κ2) is 5.98. The lowest BCUT2D eigenvalue weighted by molar-refractivity contribution is -0.119.